The lowest BCUT2D eigenvalue weighted by molar-refractivity contribution is -0.132. The Morgan fingerprint density at radius 1 is 1.03 bits per heavy atom. The number of hydrogen-bond acceptors (Lipinski definition) is 3. The number of unbranched alkanes of at least 4 members (excludes halogenated alkanes) is 1. The summed E-state index contributed by atoms with van der Waals surface area (Å²) in [7, 11) is -3.87. The standard InChI is InChI=1S/C30H40BrN3O3S/c1-7-8-15-33(20-28-10-9-16-32(28)19-26-11-13-27(31)14-12-26)29(35)21-34(22(2)3)38(36,37)30-24(5)17-23(4)18-25(30)6/h9-14,16-18,22H,7-8,15,19-21H2,1-6H3. The van der Waals surface area contributed by atoms with Gasteiger partial charge in [0.25, 0.3) is 0 Å². The lowest BCUT2D eigenvalue weighted by atomic mass is 10.1. The third kappa shape index (κ3) is 7.36. The number of carbonyl (C=O) groups excluding carboxylic acids is 1. The van der Waals surface area contributed by atoms with Crippen molar-refractivity contribution in [1.82, 2.24) is 13.8 Å². The summed E-state index contributed by atoms with van der Waals surface area (Å²) in [5.74, 6) is -0.186. The van der Waals surface area contributed by atoms with Crippen LogP contribution in [0.15, 0.2) is 64.1 Å². The van der Waals surface area contributed by atoms with Crippen molar-refractivity contribution in [3.63, 3.8) is 0 Å². The van der Waals surface area contributed by atoms with Crippen molar-refractivity contribution in [3.8, 4) is 0 Å². The van der Waals surface area contributed by atoms with Gasteiger partial charge in [0.2, 0.25) is 15.9 Å². The van der Waals surface area contributed by atoms with Crippen molar-refractivity contribution in [2.24, 2.45) is 0 Å². The number of aromatic nitrogens is 1. The van der Waals surface area contributed by atoms with Gasteiger partial charge in [-0.25, -0.2) is 8.42 Å². The summed E-state index contributed by atoms with van der Waals surface area (Å²) in [5, 5.41) is 0. The van der Waals surface area contributed by atoms with Crippen LogP contribution in [0.3, 0.4) is 0 Å². The van der Waals surface area contributed by atoms with E-state index in [-0.39, 0.29) is 18.5 Å². The predicted molar refractivity (Wildman–Crippen MR) is 158 cm³/mol. The van der Waals surface area contributed by atoms with E-state index in [9.17, 15) is 13.2 Å². The van der Waals surface area contributed by atoms with Crippen LogP contribution < -0.4 is 0 Å². The molecular formula is C30H40BrN3O3S. The van der Waals surface area contributed by atoms with Crippen LogP contribution in [0, 0.1) is 20.8 Å². The molecule has 0 saturated heterocycles. The van der Waals surface area contributed by atoms with E-state index >= 15 is 0 Å². The van der Waals surface area contributed by atoms with Crippen molar-refractivity contribution < 1.29 is 13.2 Å². The topological polar surface area (TPSA) is 62.6 Å². The SMILES string of the molecule is CCCCN(Cc1cccn1Cc1ccc(Br)cc1)C(=O)CN(C(C)C)S(=O)(=O)c1c(C)cc(C)cc1C. The van der Waals surface area contributed by atoms with E-state index < -0.39 is 10.0 Å². The number of halogens is 1. The van der Waals surface area contributed by atoms with Crippen molar-refractivity contribution in [2.75, 3.05) is 13.1 Å². The van der Waals surface area contributed by atoms with Crippen LogP contribution >= 0.6 is 15.9 Å². The molecule has 8 heteroatoms. The van der Waals surface area contributed by atoms with Crippen LogP contribution in [0.5, 0.6) is 0 Å². The van der Waals surface area contributed by atoms with Gasteiger partial charge in [-0.2, -0.15) is 4.31 Å². The summed E-state index contributed by atoms with van der Waals surface area (Å²) in [6.45, 7) is 12.8. The number of amides is 1. The van der Waals surface area contributed by atoms with E-state index in [4.69, 9.17) is 0 Å². The number of aryl methyl sites for hydroxylation is 3. The molecule has 0 saturated carbocycles. The summed E-state index contributed by atoms with van der Waals surface area (Å²) in [5.41, 5.74) is 4.60. The van der Waals surface area contributed by atoms with Gasteiger partial charge >= 0.3 is 0 Å². The molecule has 1 aromatic heterocycles. The Morgan fingerprint density at radius 2 is 1.66 bits per heavy atom. The molecule has 0 radical (unpaired) electrons. The number of sulfonamides is 1. The highest BCUT2D eigenvalue weighted by Crippen LogP contribution is 2.27. The van der Waals surface area contributed by atoms with Crippen molar-refractivity contribution in [3.05, 3.63) is 87.1 Å². The second-order valence-corrected chi connectivity index (χ2v) is 13.0. The lowest BCUT2D eigenvalue weighted by Gasteiger charge is -2.30. The molecule has 0 spiro atoms. The zero-order valence-corrected chi connectivity index (χ0v) is 25.8. The zero-order valence-electron chi connectivity index (χ0n) is 23.4. The smallest absolute Gasteiger partial charge is 0.244 e. The number of carbonyl (C=O) groups is 1. The van der Waals surface area contributed by atoms with E-state index in [0.717, 1.165) is 34.1 Å². The number of benzene rings is 2. The lowest BCUT2D eigenvalue weighted by Crippen LogP contribution is -2.46. The van der Waals surface area contributed by atoms with Gasteiger partial charge in [0.15, 0.2) is 0 Å². The molecule has 38 heavy (non-hydrogen) atoms. The summed E-state index contributed by atoms with van der Waals surface area (Å²) < 4.78 is 32.2. The fourth-order valence-electron chi connectivity index (χ4n) is 4.84. The van der Waals surface area contributed by atoms with Gasteiger partial charge in [-0.15, -0.1) is 0 Å². The highest BCUT2D eigenvalue weighted by Gasteiger charge is 2.33. The van der Waals surface area contributed by atoms with E-state index in [1.165, 1.54) is 4.31 Å². The molecule has 1 amide bonds. The van der Waals surface area contributed by atoms with Gasteiger partial charge in [0.05, 0.1) is 18.0 Å². The first-order chi connectivity index (χ1) is 17.9. The molecule has 0 aliphatic carbocycles. The summed E-state index contributed by atoms with van der Waals surface area (Å²) in [4.78, 5) is 15.8. The maximum atomic E-state index is 13.8. The first kappa shape index (κ1) is 30.1. The molecule has 0 N–H and O–H groups in total. The van der Waals surface area contributed by atoms with Crippen LogP contribution in [-0.2, 0) is 27.9 Å². The molecule has 1 heterocycles. The van der Waals surface area contributed by atoms with Gasteiger partial charge in [0.1, 0.15) is 0 Å². The molecule has 6 nitrogen and oxygen atoms in total. The van der Waals surface area contributed by atoms with E-state index in [1.807, 2.05) is 77.2 Å². The molecule has 3 rings (SSSR count). The molecule has 0 atom stereocenters. The Morgan fingerprint density at radius 3 is 2.24 bits per heavy atom. The minimum atomic E-state index is -3.87. The van der Waals surface area contributed by atoms with E-state index in [2.05, 4.69) is 39.6 Å². The quantitative estimate of drug-likeness (QED) is 0.239. The van der Waals surface area contributed by atoms with Crippen LogP contribution in [-0.4, -0.2) is 47.2 Å². The molecule has 0 fully saturated rings. The largest absolute Gasteiger partial charge is 0.345 e. The minimum Gasteiger partial charge on any atom is -0.345 e. The Labute approximate surface area is 236 Å². The van der Waals surface area contributed by atoms with E-state index in [1.54, 1.807) is 4.90 Å². The summed E-state index contributed by atoms with van der Waals surface area (Å²) >= 11 is 3.48. The molecule has 2 aromatic carbocycles. The molecule has 0 bridgehead atoms. The number of nitrogens with zero attached hydrogens (tertiary/aromatic N) is 3. The first-order valence-electron chi connectivity index (χ1n) is 13.2. The van der Waals surface area contributed by atoms with Gasteiger partial charge in [-0.05, 0) is 82.0 Å². The third-order valence-electron chi connectivity index (χ3n) is 6.72. The maximum Gasteiger partial charge on any atom is 0.244 e. The predicted octanol–water partition coefficient (Wildman–Crippen LogP) is 6.45. The fourth-order valence-corrected chi connectivity index (χ4v) is 7.11. The molecule has 206 valence electrons. The third-order valence-corrected chi connectivity index (χ3v) is 9.57. The molecule has 3 aromatic rings. The van der Waals surface area contributed by atoms with Crippen LogP contribution in [0.4, 0.5) is 0 Å². The highest BCUT2D eigenvalue weighted by atomic mass is 79.9. The van der Waals surface area contributed by atoms with Crippen molar-refractivity contribution in [1.29, 1.82) is 0 Å². The molecule has 0 unspecified atom stereocenters. The van der Waals surface area contributed by atoms with Crippen LogP contribution in [0.25, 0.3) is 0 Å². The van der Waals surface area contributed by atoms with Crippen molar-refractivity contribution in [2.45, 2.75) is 78.4 Å². The Hall–Kier alpha value is -2.42. The van der Waals surface area contributed by atoms with Gasteiger partial charge in [0, 0.05) is 35.5 Å². The highest BCUT2D eigenvalue weighted by molar-refractivity contribution is 9.10. The average Bonchev–Trinajstić information content (AvgIpc) is 3.26. The second kappa shape index (κ2) is 13.1. The molecule has 0 aliphatic heterocycles. The van der Waals surface area contributed by atoms with E-state index in [0.29, 0.717) is 35.7 Å². The molecule has 0 aliphatic rings. The Bertz CT molecular complexity index is 1320. The summed E-state index contributed by atoms with van der Waals surface area (Å²) in [6, 6.07) is 15.6. The maximum absolute atomic E-state index is 13.8. The first-order valence-corrected chi connectivity index (χ1v) is 15.4. The fraction of sp³-hybridized carbons (Fsp3) is 0.433. The van der Waals surface area contributed by atoms with Crippen LogP contribution in [0.2, 0.25) is 0 Å². The monoisotopic (exact) mass is 601 g/mol. The van der Waals surface area contributed by atoms with Gasteiger partial charge in [-0.1, -0.05) is 59.1 Å². The zero-order chi connectivity index (χ0) is 28.0. The minimum absolute atomic E-state index is 0.186. The number of hydrogen-bond donors (Lipinski definition) is 0. The second-order valence-electron chi connectivity index (χ2n) is 10.3. The van der Waals surface area contributed by atoms with Gasteiger partial charge in [-0.3, -0.25) is 4.79 Å². The Balaban J connectivity index is 1.86. The van der Waals surface area contributed by atoms with Gasteiger partial charge < -0.3 is 9.47 Å². The normalized spacial score (nSPS) is 11.9. The average molecular weight is 603 g/mol. The Kier molecular flexibility index (Phi) is 10.4. The molecular weight excluding hydrogens is 562 g/mol. The summed E-state index contributed by atoms with van der Waals surface area (Å²) in [6.07, 6.45) is 3.81. The van der Waals surface area contributed by atoms with Crippen molar-refractivity contribution >= 4 is 31.9 Å². The number of rotatable bonds is 12. The van der Waals surface area contributed by atoms with Crippen LogP contribution in [0.1, 0.15) is 61.6 Å².